The topological polar surface area (TPSA) is 24.9 Å². The van der Waals surface area contributed by atoms with Crippen LogP contribution in [0.3, 0.4) is 0 Å². The van der Waals surface area contributed by atoms with Crippen LogP contribution in [-0.4, -0.2) is 11.0 Å². The van der Waals surface area contributed by atoms with Gasteiger partial charge in [0.2, 0.25) is 0 Å². The van der Waals surface area contributed by atoms with Crippen molar-refractivity contribution in [3.05, 3.63) is 50.9 Å². The molecule has 94 valence electrons. The van der Waals surface area contributed by atoms with E-state index in [1.54, 1.807) is 11.3 Å². The lowest BCUT2D eigenvalue weighted by molar-refractivity contribution is 0.289. The molecule has 1 fully saturated rings. The Morgan fingerprint density at radius 2 is 2.17 bits per heavy atom. The van der Waals surface area contributed by atoms with Crippen molar-refractivity contribution in [2.75, 3.05) is 0 Å². The molecule has 1 N–H and O–H groups in total. The minimum absolute atomic E-state index is 0.657. The van der Waals surface area contributed by atoms with Gasteiger partial charge in [-0.3, -0.25) is 4.98 Å². The molecule has 0 aliphatic heterocycles. The van der Waals surface area contributed by atoms with Gasteiger partial charge >= 0.3 is 0 Å². The highest BCUT2D eigenvalue weighted by Crippen LogP contribution is 2.40. The first-order chi connectivity index (χ1) is 8.83. The Morgan fingerprint density at radius 3 is 2.89 bits per heavy atom. The highest BCUT2D eigenvalue weighted by Gasteiger charge is 2.30. The van der Waals surface area contributed by atoms with Crippen molar-refractivity contribution >= 4 is 27.3 Å². The van der Waals surface area contributed by atoms with E-state index in [4.69, 9.17) is 0 Å². The monoisotopic (exact) mass is 322 g/mol. The van der Waals surface area contributed by atoms with Gasteiger partial charge in [-0.1, -0.05) is 34.1 Å². The second-order valence-electron chi connectivity index (χ2n) is 4.74. The number of aromatic nitrogens is 1. The van der Waals surface area contributed by atoms with Gasteiger partial charge in [-0.2, -0.15) is 0 Å². The van der Waals surface area contributed by atoms with Crippen molar-refractivity contribution in [2.24, 2.45) is 0 Å². The highest BCUT2D eigenvalue weighted by atomic mass is 79.9. The lowest BCUT2D eigenvalue weighted by Gasteiger charge is -2.36. The Morgan fingerprint density at radius 1 is 1.33 bits per heavy atom. The van der Waals surface area contributed by atoms with Crippen molar-refractivity contribution in [3.63, 3.8) is 0 Å². The molecule has 18 heavy (non-hydrogen) atoms. The van der Waals surface area contributed by atoms with Crippen LogP contribution in [0, 0.1) is 0 Å². The van der Waals surface area contributed by atoms with Crippen molar-refractivity contribution in [3.8, 4) is 0 Å². The van der Waals surface area contributed by atoms with E-state index in [9.17, 15) is 0 Å². The van der Waals surface area contributed by atoms with Crippen LogP contribution in [0.1, 0.15) is 29.2 Å². The molecule has 0 saturated heterocycles. The van der Waals surface area contributed by atoms with Crippen LogP contribution in [0.4, 0.5) is 0 Å². The van der Waals surface area contributed by atoms with Gasteiger partial charge in [-0.15, -0.1) is 11.3 Å². The molecule has 3 rings (SSSR count). The fraction of sp³-hybridized carbons (Fsp3) is 0.357. The molecule has 0 atom stereocenters. The molecule has 2 nitrogen and oxygen atoms in total. The summed E-state index contributed by atoms with van der Waals surface area (Å²) in [5, 5.41) is 3.60. The van der Waals surface area contributed by atoms with Gasteiger partial charge < -0.3 is 5.32 Å². The Bertz CT molecular complexity index is 506. The van der Waals surface area contributed by atoms with Crippen LogP contribution in [0.5, 0.6) is 0 Å². The molecule has 1 saturated carbocycles. The average Bonchev–Trinajstić information content (AvgIpc) is 2.82. The quantitative estimate of drug-likeness (QED) is 0.922. The summed E-state index contributed by atoms with van der Waals surface area (Å²) in [5.74, 6) is 0.708. The maximum atomic E-state index is 4.09. The Hall–Kier alpha value is -0.710. The first-order valence-electron chi connectivity index (χ1n) is 6.18. The number of benzene rings is 1. The van der Waals surface area contributed by atoms with Crippen molar-refractivity contribution in [2.45, 2.75) is 31.3 Å². The number of hydrogen-bond donors (Lipinski definition) is 1. The lowest BCUT2D eigenvalue weighted by atomic mass is 9.76. The Kier molecular flexibility index (Phi) is 3.77. The molecule has 0 bridgehead atoms. The van der Waals surface area contributed by atoms with Gasteiger partial charge in [-0.25, -0.2) is 0 Å². The second-order valence-corrected chi connectivity index (χ2v) is 6.56. The zero-order valence-electron chi connectivity index (χ0n) is 9.97. The summed E-state index contributed by atoms with van der Waals surface area (Å²) in [6.07, 6.45) is 4.42. The predicted molar refractivity (Wildman–Crippen MR) is 78.9 cm³/mol. The summed E-state index contributed by atoms with van der Waals surface area (Å²) in [6, 6.07) is 9.22. The molecular formula is C14H15BrN2S. The number of halogens is 1. The standard InChI is InChI=1S/C14H15BrN2S/c15-14-4-2-1-3-13(14)10-5-11(6-10)17-8-12-7-16-9-18-12/h1-4,7,9-11,17H,5-6,8H2. The molecule has 0 radical (unpaired) electrons. The molecule has 1 aromatic carbocycles. The van der Waals surface area contributed by atoms with E-state index in [1.807, 2.05) is 11.7 Å². The lowest BCUT2D eigenvalue weighted by Crippen LogP contribution is -2.39. The fourth-order valence-corrected chi connectivity index (χ4v) is 3.57. The number of rotatable bonds is 4. The largest absolute Gasteiger partial charge is 0.309 e. The first-order valence-corrected chi connectivity index (χ1v) is 7.85. The average molecular weight is 323 g/mol. The summed E-state index contributed by atoms with van der Waals surface area (Å²) in [4.78, 5) is 5.41. The first kappa shape index (κ1) is 12.3. The highest BCUT2D eigenvalue weighted by molar-refractivity contribution is 9.10. The molecule has 2 aromatic rings. The molecule has 1 aliphatic carbocycles. The van der Waals surface area contributed by atoms with Gasteiger partial charge in [-0.05, 0) is 30.4 Å². The van der Waals surface area contributed by atoms with E-state index >= 15 is 0 Å². The van der Waals surface area contributed by atoms with Crippen LogP contribution >= 0.6 is 27.3 Å². The molecule has 1 aromatic heterocycles. The summed E-state index contributed by atoms with van der Waals surface area (Å²) >= 11 is 5.35. The van der Waals surface area contributed by atoms with Gasteiger partial charge in [0.05, 0.1) is 5.51 Å². The van der Waals surface area contributed by atoms with E-state index in [0.717, 1.165) is 6.54 Å². The fourth-order valence-electron chi connectivity index (χ4n) is 2.42. The van der Waals surface area contributed by atoms with Gasteiger partial charge in [0.1, 0.15) is 0 Å². The SMILES string of the molecule is Brc1ccccc1C1CC(NCc2cncs2)C1. The van der Waals surface area contributed by atoms with Gasteiger partial charge in [0.15, 0.2) is 0 Å². The summed E-state index contributed by atoms with van der Waals surface area (Å²) < 4.78 is 1.25. The number of nitrogens with zero attached hydrogens (tertiary/aromatic N) is 1. The summed E-state index contributed by atoms with van der Waals surface area (Å²) in [5.41, 5.74) is 3.34. The maximum Gasteiger partial charge on any atom is 0.0794 e. The van der Waals surface area contributed by atoms with Gasteiger partial charge in [0, 0.05) is 28.1 Å². The maximum absolute atomic E-state index is 4.09. The molecule has 1 aliphatic rings. The number of hydrogen-bond acceptors (Lipinski definition) is 3. The van der Waals surface area contributed by atoms with Crippen LogP contribution in [0.2, 0.25) is 0 Å². The molecular weight excluding hydrogens is 308 g/mol. The van der Waals surface area contributed by atoms with E-state index in [1.165, 1.54) is 27.8 Å². The smallest absolute Gasteiger partial charge is 0.0794 e. The van der Waals surface area contributed by atoms with Crippen molar-refractivity contribution in [1.82, 2.24) is 10.3 Å². The summed E-state index contributed by atoms with van der Waals surface area (Å²) in [6.45, 7) is 0.956. The van der Waals surface area contributed by atoms with E-state index in [0.29, 0.717) is 12.0 Å². The molecule has 1 heterocycles. The Labute approximate surface area is 120 Å². The molecule has 0 amide bonds. The zero-order chi connectivity index (χ0) is 12.4. The van der Waals surface area contributed by atoms with E-state index in [2.05, 4.69) is 50.5 Å². The molecule has 4 heteroatoms. The summed E-state index contributed by atoms with van der Waals surface area (Å²) in [7, 11) is 0. The van der Waals surface area contributed by atoms with Crippen LogP contribution in [0.25, 0.3) is 0 Å². The minimum Gasteiger partial charge on any atom is -0.309 e. The third-order valence-corrected chi connectivity index (χ3v) is 5.03. The molecule has 0 unspecified atom stereocenters. The predicted octanol–water partition coefficient (Wildman–Crippen LogP) is 3.94. The zero-order valence-corrected chi connectivity index (χ0v) is 12.4. The normalized spacial score (nSPS) is 22.7. The van der Waals surface area contributed by atoms with Crippen LogP contribution < -0.4 is 5.32 Å². The van der Waals surface area contributed by atoms with E-state index < -0.39 is 0 Å². The second kappa shape index (κ2) is 5.51. The minimum atomic E-state index is 0.657. The van der Waals surface area contributed by atoms with Crippen LogP contribution in [-0.2, 0) is 6.54 Å². The van der Waals surface area contributed by atoms with Gasteiger partial charge in [0.25, 0.3) is 0 Å². The van der Waals surface area contributed by atoms with E-state index in [-0.39, 0.29) is 0 Å². The number of thiazole rings is 1. The Balaban J connectivity index is 1.50. The number of nitrogens with one attached hydrogen (secondary N) is 1. The van der Waals surface area contributed by atoms with Crippen molar-refractivity contribution in [1.29, 1.82) is 0 Å². The third-order valence-electron chi connectivity index (χ3n) is 3.53. The van der Waals surface area contributed by atoms with Crippen LogP contribution in [0.15, 0.2) is 40.4 Å². The third kappa shape index (κ3) is 2.66. The molecule has 0 spiro atoms. The van der Waals surface area contributed by atoms with Crippen molar-refractivity contribution < 1.29 is 0 Å².